The van der Waals surface area contributed by atoms with Crippen LogP contribution >= 0.6 is 11.3 Å². The van der Waals surface area contributed by atoms with Gasteiger partial charge in [-0.1, -0.05) is 0 Å². The van der Waals surface area contributed by atoms with Gasteiger partial charge in [0, 0.05) is 6.54 Å². The van der Waals surface area contributed by atoms with Gasteiger partial charge < -0.3 is 10.4 Å². The fourth-order valence-corrected chi connectivity index (χ4v) is 2.39. The quantitative estimate of drug-likeness (QED) is 0.911. The van der Waals surface area contributed by atoms with Crippen molar-refractivity contribution in [2.45, 2.75) is 13.0 Å². The van der Waals surface area contributed by atoms with Crippen LogP contribution in [0.25, 0.3) is 0 Å². The topological polar surface area (TPSA) is 49.3 Å². The van der Waals surface area contributed by atoms with Gasteiger partial charge in [-0.05, 0) is 47.0 Å². The average Bonchev–Trinajstić information content (AvgIpc) is 2.94. The summed E-state index contributed by atoms with van der Waals surface area (Å²) < 4.78 is 26.9. The van der Waals surface area contributed by atoms with Crippen LogP contribution in [0, 0.1) is 18.6 Å². The monoisotopic (exact) mass is 297 g/mol. The molecule has 2 aromatic rings. The van der Waals surface area contributed by atoms with Crippen molar-refractivity contribution in [2.24, 2.45) is 0 Å². The first-order valence-corrected chi connectivity index (χ1v) is 6.87. The Morgan fingerprint density at radius 2 is 2.15 bits per heavy atom. The number of nitrogens with one attached hydrogen (secondary N) is 1. The maximum atomic E-state index is 13.6. The number of aryl methyl sites for hydroxylation is 1. The van der Waals surface area contributed by atoms with Gasteiger partial charge in [0.25, 0.3) is 5.91 Å². The zero-order valence-corrected chi connectivity index (χ0v) is 11.5. The van der Waals surface area contributed by atoms with E-state index in [1.54, 1.807) is 16.8 Å². The molecule has 0 fully saturated rings. The van der Waals surface area contributed by atoms with Gasteiger partial charge in [0.05, 0.1) is 11.7 Å². The summed E-state index contributed by atoms with van der Waals surface area (Å²) in [5, 5.41) is 15.7. The van der Waals surface area contributed by atoms with E-state index < -0.39 is 23.6 Å². The lowest BCUT2D eigenvalue weighted by molar-refractivity contribution is 0.0912. The molecule has 0 aliphatic carbocycles. The van der Waals surface area contributed by atoms with Crippen LogP contribution in [-0.2, 0) is 0 Å². The molecule has 1 atom stereocenters. The second-order valence-electron chi connectivity index (χ2n) is 4.36. The van der Waals surface area contributed by atoms with Gasteiger partial charge in [-0.2, -0.15) is 11.3 Å². The highest BCUT2D eigenvalue weighted by molar-refractivity contribution is 7.07. The first-order chi connectivity index (χ1) is 9.49. The molecule has 0 spiro atoms. The summed E-state index contributed by atoms with van der Waals surface area (Å²) in [7, 11) is 0. The molecule has 0 saturated carbocycles. The standard InChI is InChI=1S/C14H13F2NO2S/c1-8-4-12(16)10(5-11(8)15)14(19)17-6-13(18)9-2-3-20-7-9/h2-5,7,13,18H,6H2,1H3,(H,17,19). The van der Waals surface area contributed by atoms with Crippen LogP contribution < -0.4 is 5.32 Å². The fourth-order valence-electron chi connectivity index (χ4n) is 1.69. The lowest BCUT2D eigenvalue weighted by Crippen LogP contribution is -2.29. The minimum atomic E-state index is -0.872. The van der Waals surface area contributed by atoms with Gasteiger partial charge in [-0.15, -0.1) is 0 Å². The maximum absolute atomic E-state index is 13.6. The zero-order chi connectivity index (χ0) is 14.7. The van der Waals surface area contributed by atoms with Gasteiger partial charge in [0.15, 0.2) is 0 Å². The number of thiophene rings is 1. The van der Waals surface area contributed by atoms with Crippen molar-refractivity contribution in [3.05, 3.63) is 57.3 Å². The first-order valence-electron chi connectivity index (χ1n) is 5.93. The van der Waals surface area contributed by atoms with E-state index in [-0.39, 0.29) is 17.7 Å². The molecule has 2 N–H and O–H groups in total. The van der Waals surface area contributed by atoms with Gasteiger partial charge in [-0.3, -0.25) is 4.79 Å². The molecule has 2 rings (SSSR count). The molecule has 0 saturated heterocycles. The Labute approximate surface area is 118 Å². The number of aliphatic hydroxyl groups is 1. The number of amides is 1. The predicted molar refractivity (Wildman–Crippen MR) is 72.7 cm³/mol. The highest BCUT2D eigenvalue weighted by Gasteiger charge is 2.16. The number of benzene rings is 1. The number of carbonyl (C=O) groups is 1. The van der Waals surface area contributed by atoms with Crippen LogP contribution in [0.5, 0.6) is 0 Å². The molecule has 0 aliphatic heterocycles. The van der Waals surface area contributed by atoms with Crippen molar-refractivity contribution in [3.63, 3.8) is 0 Å². The molecule has 106 valence electrons. The first kappa shape index (κ1) is 14.6. The minimum Gasteiger partial charge on any atom is -0.387 e. The van der Waals surface area contributed by atoms with Gasteiger partial charge in [-0.25, -0.2) is 8.78 Å². The van der Waals surface area contributed by atoms with E-state index in [2.05, 4.69) is 5.32 Å². The number of carbonyl (C=O) groups excluding carboxylic acids is 1. The Morgan fingerprint density at radius 1 is 1.40 bits per heavy atom. The lowest BCUT2D eigenvalue weighted by atomic mass is 10.1. The molecular formula is C14H13F2NO2S. The van der Waals surface area contributed by atoms with Gasteiger partial charge in [0.2, 0.25) is 0 Å². The summed E-state index contributed by atoms with van der Waals surface area (Å²) in [6.45, 7) is 1.35. The van der Waals surface area contributed by atoms with E-state index in [1.807, 2.05) is 0 Å². The van der Waals surface area contributed by atoms with Crippen LogP contribution in [0.4, 0.5) is 8.78 Å². The van der Waals surface area contributed by atoms with Crippen LogP contribution in [0.2, 0.25) is 0 Å². The van der Waals surface area contributed by atoms with E-state index in [1.165, 1.54) is 18.3 Å². The molecule has 1 heterocycles. The summed E-state index contributed by atoms with van der Waals surface area (Å²) in [5.41, 5.74) is 0.439. The summed E-state index contributed by atoms with van der Waals surface area (Å²) in [4.78, 5) is 11.8. The zero-order valence-electron chi connectivity index (χ0n) is 10.7. The Morgan fingerprint density at radius 3 is 2.80 bits per heavy atom. The van der Waals surface area contributed by atoms with Crippen LogP contribution in [0.15, 0.2) is 29.0 Å². The fraction of sp³-hybridized carbons (Fsp3) is 0.214. The largest absolute Gasteiger partial charge is 0.387 e. The molecule has 1 unspecified atom stereocenters. The van der Waals surface area contributed by atoms with Crippen molar-refractivity contribution >= 4 is 17.2 Å². The minimum absolute atomic E-state index is 0.0650. The average molecular weight is 297 g/mol. The van der Waals surface area contributed by atoms with E-state index >= 15 is 0 Å². The Hall–Kier alpha value is -1.79. The molecule has 6 heteroatoms. The lowest BCUT2D eigenvalue weighted by Gasteiger charge is -2.11. The smallest absolute Gasteiger partial charge is 0.254 e. The number of aliphatic hydroxyl groups excluding tert-OH is 1. The van der Waals surface area contributed by atoms with Crippen molar-refractivity contribution in [2.75, 3.05) is 6.54 Å². The Bertz CT molecular complexity index is 614. The van der Waals surface area contributed by atoms with E-state index in [9.17, 15) is 18.7 Å². The Kier molecular flexibility index (Phi) is 4.46. The second-order valence-corrected chi connectivity index (χ2v) is 5.14. The normalized spacial score (nSPS) is 12.2. The predicted octanol–water partition coefficient (Wildman–Crippen LogP) is 2.80. The van der Waals surface area contributed by atoms with Crippen LogP contribution in [-0.4, -0.2) is 17.6 Å². The maximum Gasteiger partial charge on any atom is 0.254 e. The summed E-state index contributed by atoms with van der Waals surface area (Å²) in [5.74, 6) is -2.18. The van der Waals surface area contributed by atoms with Gasteiger partial charge in [0.1, 0.15) is 11.6 Å². The molecule has 1 amide bonds. The molecule has 3 nitrogen and oxygen atoms in total. The number of hydrogen-bond acceptors (Lipinski definition) is 3. The third-order valence-corrected chi connectivity index (χ3v) is 3.58. The van der Waals surface area contributed by atoms with Crippen molar-refractivity contribution < 1.29 is 18.7 Å². The SMILES string of the molecule is Cc1cc(F)c(C(=O)NCC(O)c2ccsc2)cc1F. The van der Waals surface area contributed by atoms with E-state index in [0.29, 0.717) is 5.56 Å². The molecule has 0 bridgehead atoms. The summed E-state index contributed by atoms with van der Waals surface area (Å²) in [6, 6.07) is 3.56. The summed E-state index contributed by atoms with van der Waals surface area (Å²) in [6.07, 6.45) is -0.872. The van der Waals surface area contributed by atoms with Gasteiger partial charge >= 0.3 is 0 Å². The van der Waals surface area contributed by atoms with Crippen molar-refractivity contribution in [3.8, 4) is 0 Å². The molecule has 20 heavy (non-hydrogen) atoms. The summed E-state index contributed by atoms with van der Waals surface area (Å²) >= 11 is 1.42. The second kappa shape index (κ2) is 6.11. The third kappa shape index (κ3) is 3.20. The third-order valence-electron chi connectivity index (χ3n) is 2.88. The van der Waals surface area contributed by atoms with Crippen molar-refractivity contribution in [1.29, 1.82) is 0 Å². The highest BCUT2D eigenvalue weighted by Crippen LogP contribution is 2.17. The van der Waals surface area contributed by atoms with Crippen LogP contribution in [0.1, 0.15) is 27.6 Å². The van der Waals surface area contributed by atoms with E-state index in [0.717, 1.165) is 12.1 Å². The molecule has 0 radical (unpaired) electrons. The molecular weight excluding hydrogens is 284 g/mol. The molecule has 1 aromatic heterocycles. The van der Waals surface area contributed by atoms with Crippen LogP contribution in [0.3, 0.4) is 0 Å². The highest BCUT2D eigenvalue weighted by atomic mass is 32.1. The molecule has 1 aromatic carbocycles. The molecule has 0 aliphatic rings. The Balaban J connectivity index is 2.04. The number of rotatable bonds is 4. The number of halogens is 2. The van der Waals surface area contributed by atoms with Crippen molar-refractivity contribution in [1.82, 2.24) is 5.32 Å². The number of hydrogen-bond donors (Lipinski definition) is 2. The van der Waals surface area contributed by atoms with E-state index in [4.69, 9.17) is 0 Å².